The SMILES string of the molecule is COC(=O)c1ccc(C)c(NC(=O)Cn2nc(-c3ccco3)oc2=O)c1. The number of hydrogen-bond donors (Lipinski definition) is 1. The summed E-state index contributed by atoms with van der Waals surface area (Å²) in [4.78, 5) is 35.7. The molecule has 0 saturated carbocycles. The van der Waals surface area contributed by atoms with Gasteiger partial charge in [-0.1, -0.05) is 6.07 Å². The molecule has 2 heterocycles. The number of rotatable bonds is 5. The lowest BCUT2D eigenvalue weighted by Crippen LogP contribution is -2.26. The average Bonchev–Trinajstić information content (AvgIpc) is 3.26. The van der Waals surface area contributed by atoms with Gasteiger partial charge < -0.3 is 18.9 Å². The number of esters is 1. The van der Waals surface area contributed by atoms with Crippen LogP contribution in [0, 0.1) is 6.92 Å². The minimum atomic E-state index is -0.786. The van der Waals surface area contributed by atoms with Gasteiger partial charge in [0.2, 0.25) is 5.91 Å². The molecule has 1 N–H and O–H groups in total. The van der Waals surface area contributed by atoms with Gasteiger partial charge in [-0.15, -0.1) is 5.10 Å². The van der Waals surface area contributed by atoms with Crippen molar-refractivity contribution in [2.75, 3.05) is 12.4 Å². The number of nitrogens with one attached hydrogen (secondary N) is 1. The normalized spacial score (nSPS) is 10.5. The van der Waals surface area contributed by atoms with Crippen LogP contribution in [0.5, 0.6) is 0 Å². The molecule has 0 aliphatic rings. The molecule has 1 aromatic carbocycles. The van der Waals surface area contributed by atoms with Crippen LogP contribution in [0.4, 0.5) is 5.69 Å². The maximum atomic E-state index is 12.2. The Kier molecular flexibility index (Phi) is 4.70. The third-order valence-corrected chi connectivity index (χ3v) is 3.56. The van der Waals surface area contributed by atoms with E-state index >= 15 is 0 Å². The van der Waals surface area contributed by atoms with Crippen LogP contribution in [0.15, 0.2) is 50.2 Å². The monoisotopic (exact) mass is 357 g/mol. The Balaban J connectivity index is 1.76. The molecule has 2 aromatic heterocycles. The van der Waals surface area contributed by atoms with Gasteiger partial charge in [0.15, 0.2) is 5.76 Å². The second-order valence-electron chi connectivity index (χ2n) is 5.38. The van der Waals surface area contributed by atoms with E-state index in [4.69, 9.17) is 8.83 Å². The number of carbonyl (C=O) groups excluding carboxylic acids is 2. The first kappa shape index (κ1) is 17.2. The summed E-state index contributed by atoms with van der Waals surface area (Å²) in [7, 11) is 1.27. The molecule has 0 bridgehead atoms. The van der Waals surface area contributed by atoms with Crippen LogP contribution >= 0.6 is 0 Å². The first-order chi connectivity index (χ1) is 12.5. The molecule has 0 spiro atoms. The van der Waals surface area contributed by atoms with Gasteiger partial charge in [0.05, 0.1) is 18.9 Å². The second kappa shape index (κ2) is 7.09. The number of benzene rings is 1. The van der Waals surface area contributed by atoms with Crippen molar-refractivity contribution in [1.82, 2.24) is 9.78 Å². The fraction of sp³-hybridized carbons (Fsp3) is 0.176. The molecule has 0 fully saturated rings. The molecule has 9 nitrogen and oxygen atoms in total. The second-order valence-corrected chi connectivity index (χ2v) is 5.38. The van der Waals surface area contributed by atoms with E-state index in [1.165, 1.54) is 19.4 Å². The van der Waals surface area contributed by atoms with Gasteiger partial charge >= 0.3 is 11.7 Å². The quantitative estimate of drug-likeness (QED) is 0.692. The molecular weight excluding hydrogens is 342 g/mol. The summed E-state index contributed by atoms with van der Waals surface area (Å²) in [5.41, 5.74) is 1.47. The van der Waals surface area contributed by atoms with Crippen molar-refractivity contribution in [3.8, 4) is 11.7 Å². The minimum absolute atomic E-state index is 0.0170. The van der Waals surface area contributed by atoms with Crippen LogP contribution in [-0.2, 0) is 16.1 Å². The molecule has 26 heavy (non-hydrogen) atoms. The van der Waals surface area contributed by atoms with E-state index in [1.807, 2.05) is 0 Å². The number of ether oxygens (including phenoxy) is 1. The Hall–Kier alpha value is -3.62. The Labute approximate surface area is 147 Å². The number of amides is 1. The number of nitrogens with zero attached hydrogens (tertiary/aromatic N) is 2. The lowest BCUT2D eigenvalue weighted by molar-refractivity contribution is -0.117. The first-order valence-corrected chi connectivity index (χ1v) is 7.58. The zero-order valence-electron chi connectivity index (χ0n) is 14.0. The summed E-state index contributed by atoms with van der Waals surface area (Å²) in [6, 6.07) is 7.97. The van der Waals surface area contributed by atoms with Crippen molar-refractivity contribution in [1.29, 1.82) is 0 Å². The fourth-order valence-corrected chi connectivity index (χ4v) is 2.23. The number of aryl methyl sites for hydroxylation is 1. The fourth-order valence-electron chi connectivity index (χ4n) is 2.23. The summed E-state index contributed by atoms with van der Waals surface area (Å²) >= 11 is 0. The molecule has 0 radical (unpaired) electrons. The number of carbonyl (C=O) groups is 2. The van der Waals surface area contributed by atoms with E-state index in [-0.39, 0.29) is 18.2 Å². The third kappa shape index (κ3) is 3.56. The Morgan fingerprint density at radius 3 is 2.81 bits per heavy atom. The van der Waals surface area contributed by atoms with Crippen LogP contribution in [0.25, 0.3) is 11.7 Å². The van der Waals surface area contributed by atoms with Gasteiger partial charge in [-0.2, -0.15) is 4.68 Å². The van der Waals surface area contributed by atoms with Crippen molar-refractivity contribution in [3.05, 3.63) is 58.3 Å². The highest BCUT2D eigenvalue weighted by atomic mass is 16.5. The minimum Gasteiger partial charge on any atom is -0.465 e. The zero-order chi connectivity index (χ0) is 18.7. The maximum Gasteiger partial charge on any atom is 0.437 e. The molecule has 0 unspecified atom stereocenters. The summed E-state index contributed by atoms with van der Waals surface area (Å²) in [5, 5.41) is 6.56. The number of furan rings is 1. The highest BCUT2D eigenvalue weighted by Crippen LogP contribution is 2.18. The Morgan fingerprint density at radius 2 is 2.12 bits per heavy atom. The predicted octanol–water partition coefficient (Wildman–Crippen LogP) is 1.83. The topological polar surface area (TPSA) is 117 Å². The lowest BCUT2D eigenvalue weighted by atomic mass is 10.1. The number of hydrogen-bond acceptors (Lipinski definition) is 7. The van der Waals surface area contributed by atoms with E-state index in [0.717, 1.165) is 10.2 Å². The van der Waals surface area contributed by atoms with Crippen molar-refractivity contribution in [2.24, 2.45) is 0 Å². The molecular formula is C17H15N3O6. The predicted molar refractivity (Wildman–Crippen MR) is 89.6 cm³/mol. The van der Waals surface area contributed by atoms with E-state index in [2.05, 4.69) is 15.2 Å². The van der Waals surface area contributed by atoms with Crippen molar-refractivity contribution in [3.63, 3.8) is 0 Å². The average molecular weight is 357 g/mol. The molecule has 3 rings (SSSR count). The van der Waals surface area contributed by atoms with Crippen LogP contribution in [0.1, 0.15) is 15.9 Å². The maximum absolute atomic E-state index is 12.2. The molecule has 134 valence electrons. The molecule has 0 saturated heterocycles. The smallest absolute Gasteiger partial charge is 0.437 e. The van der Waals surface area contributed by atoms with E-state index in [1.54, 1.807) is 31.2 Å². The van der Waals surface area contributed by atoms with Crippen LogP contribution in [-0.4, -0.2) is 28.8 Å². The van der Waals surface area contributed by atoms with Gasteiger partial charge in [0.1, 0.15) is 6.54 Å². The van der Waals surface area contributed by atoms with E-state index < -0.39 is 17.6 Å². The molecule has 0 aliphatic carbocycles. The van der Waals surface area contributed by atoms with Crippen molar-refractivity contribution < 1.29 is 23.2 Å². The molecule has 0 aliphatic heterocycles. The molecule has 9 heteroatoms. The van der Waals surface area contributed by atoms with Crippen molar-refractivity contribution >= 4 is 17.6 Å². The highest BCUT2D eigenvalue weighted by molar-refractivity contribution is 5.95. The van der Waals surface area contributed by atoms with Crippen molar-refractivity contribution in [2.45, 2.75) is 13.5 Å². The van der Waals surface area contributed by atoms with E-state index in [9.17, 15) is 14.4 Å². The van der Waals surface area contributed by atoms with Gasteiger partial charge in [-0.05, 0) is 36.8 Å². The Morgan fingerprint density at radius 1 is 1.31 bits per heavy atom. The summed E-state index contributed by atoms with van der Waals surface area (Å²) in [6.07, 6.45) is 1.41. The first-order valence-electron chi connectivity index (χ1n) is 7.58. The molecule has 3 aromatic rings. The Bertz CT molecular complexity index is 1000. The van der Waals surface area contributed by atoms with Crippen LogP contribution < -0.4 is 11.1 Å². The number of anilines is 1. The molecule has 0 atom stereocenters. The largest absolute Gasteiger partial charge is 0.465 e. The summed E-state index contributed by atoms with van der Waals surface area (Å²) in [6.45, 7) is 1.42. The zero-order valence-corrected chi connectivity index (χ0v) is 14.0. The highest BCUT2D eigenvalue weighted by Gasteiger charge is 2.16. The number of aromatic nitrogens is 2. The summed E-state index contributed by atoms with van der Waals surface area (Å²) < 4.78 is 15.6. The van der Waals surface area contributed by atoms with Gasteiger partial charge in [0, 0.05) is 5.69 Å². The van der Waals surface area contributed by atoms with E-state index in [0.29, 0.717) is 11.3 Å². The van der Waals surface area contributed by atoms with Gasteiger partial charge in [-0.3, -0.25) is 4.79 Å². The lowest BCUT2D eigenvalue weighted by Gasteiger charge is -2.09. The third-order valence-electron chi connectivity index (χ3n) is 3.56. The van der Waals surface area contributed by atoms with Crippen LogP contribution in [0.2, 0.25) is 0 Å². The van der Waals surface area contributed by atoms with Crippen LogP contribution in [0.3, 0.4) is 0 Å². The standard InChI is InChI=1S/C17H15N3O6/c1-10-5-6-11(16(22)24-2)8-12(10)18-14(21)9-20-17(23)26-15(19-20)13-4-3-7-25-13/h3-8H,9H2,1-2H3,(H,18,21). The summed E-state index contributed by atoms with van der Waals surface area (Å²) in [5.74, 6) is -1.54. The number of methoxy groups -OCH3 is 1. The van der Waals surface area contributed by atoms with Gasteiger partial charge in [0.25, 0.3) is 5.89 Å². The van der Waals surface area contributed by atoms with Gasteiger partial charge in [-0.25, -0.2) is 9.59 Å². The molecule has 1 amide bonds.